The van der Waals surface area contributed by atoms with Crippen molar-refractivity contribution in [2.45, 2.75) is 25.9 Å². The number of aliphatic hydroxyl groups excluding tert-OH is 1. The van der Waals surface area contributed by atoms with E-state index in [9.17, 15) is 14.7 Å². The molecule has 2 amide bonds. The van der Waals surface area contributed by atoms with Gasteiger partial charge in [0.05, 0.1) is 18.9 Å². The zero-order valence-electron chi connectivity index (χ0n) is 13.0. The Morgan fingerprint density at radius 2 is 1.57 bits per heavy atom. The molecule has 0 heterocycles. The Hall–Kier alpha value is -2.66. The first-order valence-electron chi connectivity index (χ1n) is 7.41. The maximum atomic E-state index is 11.8. The monoisotopic (exact) mass is 312 g/mol. The molecule has 2 rings (SSSR count). The van der Waals surface area contributed by atoms with Crippen LogP contribution in [-0.2, 0) is 16.0 Å². The fraction of sp³-hybridized carbons (Fsp3) is 0.222. The van der Waals surface area contributed by atoms with Gasteiger partial charge in [-0.05, 0) is 23.6 Å². The van der Waals surface area contributed by atoms with Gasteiger partial charge in [0.1, 0.15) is 0 Å². The molecule has 0 spiro atoms. The van der Waals surface area contributed by atoms with E-state index in [2.05, 4.69) is 10.9 Å². The fourth-order valence-corrected chi connectivity index (χ4v) is 2.18. The SMILES string of the molecule is Cc1ccccc1CC(=O)NNC(=O)CC(O)c1ccccc1. The normalized spacial score (nSPS) is 11.6. The quantitative estimate of drug-likeness (QED) is 0.737. The molecule has 1 atom stereocenters. The van der Waals surface area contributed by atoms with Gasteiger partial charge in [-0.1, -0.05) is 54.6 Å². The van der Waals surface area contributed by atoms with E-state index in [0.29, 0.717) is 5.56 Å². The van der Waals surface area contributed by atoms with E-state index >= 15 is 0 Å². The van der Waals surface area contributed by atoms with Crippen LogP contribution in [0.15, 0.2) is 54.6 Å². The molecule has 3 N–H and O–H groups in total. The van der Waals surface area contributed by atoms with E-state index in [0.717, 1.165) is 11.1 Å². The molecule has 23 heavy (non-hydrogen) atoms. The summed E-state index contributed by atoms with van der Waals surface area (Å²) in [5.41, 5.74) is 7.28. The molecule has 120 valence electrons. The van der Waals surface area contributed by atoms with Gasteiger partial charge in [-0.3, -0.25) is 20.4 Å². The van der Waals surface area contributed by atoms with Gasteiger partial charge in [-0.15, -0.1) is 0 Å². The summed E-state index contributed by atoms with van der Waals surface area (Å²) in [7, 11) is 0. The summed E-state index contributed by atoms with van der Waals surface area (Å²) in [4.78, 5) is 23.6. The van der Waals surface area contributed by atoms with Crippen molar-refractivity contribution >= 4 is 11.8 Å². The van der Waals surface area contributed by atoms with E-state index in [1.165, 1.54) is 0 Å². The van der Waals surface area contributed by atoms with Crippen LogP contribution in [0, 0.1) is 6.92 Å². The summed E-state index contributed by atoms with van der Waals surface area (Å²) in [5, 5.41) is 9.95. The van der Waals surface area contributed by atoms with Gasteiger partial charge in [0.25, 0.3) is 0 Å². The highest BCUT2D eigenvalue weighted by Gasteiger charge is 2.13. The second-order valence-corrected chi connectivity index (χ2v) is 5.33. The lowest BCUT2D eigenvalue weighted by Crippen LogP contribution is -2.42. The first kappa shape index (κ1) is 16.7. The van der Waals surface area contributed by atoms with Crippen molar-refractivity contribution in [1.29, 1.82) is 0 Å². The molecule has 2 aromatic rings. The van der Waals surface area contributed by atoms with Gasteiger partial charge < -0.3 is 5.11 Å². The molecule has 1 unspecified atom stereocenters. The Kier molecular flexibility index (Phi) is 5.88. The average Bonchev–Trinajstić information content (AvgIpc) is 2.56. The van der Waals surface area contributed by atoms with Gasteiger partial charge in [0.15, 0.2) is 0 Å². The molecule has 0 aliphatic rings. The van der Waals surface area contributed by atoms with Gasteiger partial charge in [0.2, 0.25) is 11.8 Å². The Bertz CT molecular complexity index is 671. The Morgan fingerprint density at radius 1 is 0.957 bits per heavy atom. The van der Waals surface area contributed by atoms with Crippen molar-refractivity contribution in [3.8, 4) is 0 Å². The van der Waals surface area contributed by atoms with Crippen molar-refractivity contribution < 1.29 is 14.7 Å². The minimum absolute atomic E-state index is 0.116. The van der Waals surface area contributed by atoms with Gasteiger partial charge in [0, 0.05) is 0 Å². The zero-order valence-corrected chi connectivity index (χ0v) is 13.0. The van der Waals surface area contributed by atoms with Gasteiger partial charge in [-0.25, -0.2) is 0 Å². The number of aliphatic hydroxyl groups is 1. The summed E-state index contributed by atoms with van der Waals surface area (Å²) < 4.78 is 0. The number of hydrazine groups is 1. The van der Waals surface area contributed by atoms with Gasteiger partial charge in [-0.2, -0.15) is 0 Å². The highest BCUT2D eigenvalue weighted by molar-refractivity contribution is 5.83. The molecular weight excluding hydrogens is 292 g/mol. The summed E-state index contributed by atoms with van der Waals surface area (Å²) in [5.74, 6) is -0.749. The van der Waals surface area contributed by atoms with Crippen molar-refractivity contribution in [3.05, 3.63) is 71.3 Å². The minimum atomic E-state index is -0.899. The van der Waals surface area contributed by atoms with E-state index in [4.69, 9.17) is 0 Å². The van der Waals surface area contributed by atoms with E-state index in [1.54, 1.807) is 24.3 Å². The molecule has 0 aliphatic heterocycles. The number of carbonyl (C=O) groups excluding carboxylic acids is 2. The second-order valence-electron chi connectivity index (χ2n) is 5.33. The molecule has 0 saturated heterocycles. The van der Waals surface area contributed by atoms with Crippen molar-refractivity contribution in [1.82, 2.24) is 10.9 Å². The predicted molar refractivity (Wildman–Crippen MR) is 87.2 cm³/mol. The fourth-order valence-electron chi connectivity index (χ4n) is 2.18. The summed E-state index contributed by atoms with van der Waals surface area (Å²) in [6.07, 6.45) is -0.826. The summed E-state index contributed by atoms with van der Waals surface area (Å²) >= 11 is 0. The average molecular weight is 312 g/mol. The first-order chi connectivity index (χ1) is 11.1. The maximum Gasteiger partial charge on any atom is 0.242 e. The molecule has 0 fully saturated rings. The summed E-state index contributed by atoms with van der Waals surface area (Å²) in [6.45, 7) is 1.93. The first-order valence-corrected chi connectivity index (χ1v) is 7.41. The Morgan fingerprint density at radius 3 is 2.26 bits per heavy atom. The number of aryl methyl sites for hydroxylation is 1. The van der Waals surface area contributed by atoms with E-state index in [-0.39, 0.29) is 18.7 Å². The molecular formula is C18H20N2O3. The van der Waals surface area contributed by atoms with E-state index in [1.807, 2.05) is 37.3 Å². The highest BCUT2D eigenvalue weighted by atomic mass is 16.3. The molecule has 5 nitrogen and oxygen atoms in total. The second kappa shape index (κ2) is 8.10. The van der Waals surface area contributed by atoms with Gasteiger partial charge >= 0.3 is 0 Å². The van der Waals surface area contributed by atoms with Crippen molar-refractivity contribution in [2.24, 2.45) is 0 Å². The summed E-state index contributed by atoms with van der Waals surface area (Å²) in [6, 6.07) is 16.5. The largest absolute Gasteiger partial charge is 0.388 e. The molecule has 0 saturated carbocycles. The number of rotatable bonds is 5. The maximum absolute atomic E-state index is 11.8. The van der Waals surface area contributed by atoms with Crippen molar-refractivity contribution in [3.63, 3.8) is 0 Å². The highest BCUT2D eigenvalue weighted by Crippen LogP contribution is 2.15. The smallest absolute Gasteiger partial charge is 0.242 e. The predicted octanol–water partition coefficient (Wildman–Crippen LogP) is 1.81. The minimum Gasteiger partial charge on any atom is -0.388 e. The van der Waals surface area contributed by atoms with Crippen LogP contribution in [0.5, 0.6) is 0 Å². The number of benzene rings is 2. The third-order valence-electron chi connectivity index (χ3n) is 3.52. The number of hydrogen-bond acceptors (Lipinski definition) is 3. The van der Waals surface area contributed by atoms with Crippen LogP contribution < -0.4 is 10.9 Å². The van der Waals surface area contributed by atoms with Crippen LogP contribution in [0.3, 0.4) is 0 Å². The van der Waals surface area contributed by atoms with Crippen molar-refractivity contribution in [2.75, 3.05) is 0 Å². The molecule has 0 aliphatic carbocycles. The lowest BCUT2D eigenvalue weighted by Gasteiger charge is -2.12. The van der Waals surface area contributed by atoms with Crippen LogP contribution >= 0.6 is 0 Å². The van der Waals surface area contributed by atoms with Crippen LogP contribution in [-0.4, -0.2) is 16.9 Å². The lowest BCUT2D eigenvalue weighted by molar-refractivity contribution is -0.129. The van der Waals surface area contributed by atoms with Crippen LogP contribution in [0.25, 0.3) is 0 Å². The number of hydrogen-bond donors (Lipinski definition) is 3. The number of amides is 2. The van der Waals surface area contributed by atoms with Crippen LogP contribution in [0.1, 0.15) is 29.2 Å². The molecule has 0 radical (unpaired) electrons. The third-order valence-corrected chi connectivity index (χ3v) is 3.52. The zero-order chi connectivity index (χ0) is 16.7. The Balaban J connectivity index is 1.78. The third kappa shape index (κ3) is 5.23. The van der Waals surface area contributed by atoms with E-state index < -0.39 is 12.0 Å². The molecule has 0 aromatic heterocycles. The molecule has 5 heteroatoms. The van der Waals surface area contributed by atoms with Crippen LogP contribution in [0.4, 0.5) is 0 Å². The topological polar surface area (TPSA) is 78.4 Å². The standard InChI is InChI=1S/C18H20N2O3/c1-13-7-5-6-10-15(13)11-17(22)19-20-18(23)12-16(21)14-8-3-2-4-9-14/h2-10,16,21H,11-12H2,1H3,(H,19,22)(H,20,23). The number of carbonyl (C=O) groups is 2. The van der Waals surface area contributed by atoms with Crippen LogP contribution in [0.2, 0.25) is 0 Å². The number of nitrogens with one attached hydrogen (secondary N) is 2. The molecule has 0 bridgehead atoms. The Labute approximate surface area is 135 Å². The molecule has 2 aromatic carbocycles. The lowest BCUT2D eigenvalue weighted by atomic mass is 10.1.